The molecule has 0 aliphatic carbocycles. The van der Waals surface area contributed by atoms with Crippen LogP contribution >= 0.6 is 46.1 Å². The van der Waals surface area contributed by atoms with Crippen LogP contribution in [0, 0.1) is 10.5 Å². The summed E-state index contributed by atoms with van der Waals surface area (Å²) >= 11 is 6.27. The summed E-state index contributed by atoms with van der Waals surface area (Å²) in [6.45, 7) is 2.01. The van der Waals surface area contributed by atoms with E-state index < -0.39 is 0 Å². The second-order valence-electron chi connectivity index (χ2n) is 5.46. The zero-order valence-corrected chi connectivity index (χ0v) is 16.6. The molecule has 120 valence electrons. The van der Waals surface area contributed by atoms with Crippen LogP contribution in [0.4, 0.5) is 5.69 Å². The Bertz CT molecular complexity index is 697. The van der Waals surface area contributed by atoms with Crippen LogP contribution in [0.25, 0.3) is 0 Å². The monoisotopic (exact) mass is 455 g/mol. The normalized spacial score (nSPS) is 15.4. The van der Waals surface area contributed by atoms with Crippen LogP contribution in [0.1, 0.15) is 32.5 Å². The molecule has 0 saturated carbocycles. The van der Waals surface area contributed by atoms with Crippen molar-refractivity contribution in [2.45, 2.75) is 17.9 Å². The number of carbonyl (C=O) groups is 1. The molecule has 1 aliphatic rings. The molecule has 1 amide bonds. The van der Waals surface area contributed by atoms with Gasteiger partial charge in [0.2, 0.25) is 0 Å². The third kappa shape index (κ3) is 4.45. The van der Waals surface area contributed by atoms with Gasteiger partial charge >= 0.3 is 0 Å². The van der Waals surface area contributed by atoms with Gasteiger partial charge < -0.3 is 5.32 Å². The molecule has 0 atom stereocenters. The van der Waals surface area contributed by atoms with Gasteiger partial charge in [-0.2, -0.15) is 0 Å². The van der Waals surface area contributed by atoms with Gasteiger partial charge in [-0.15, -0.1) is 23.5 Å². The van der Waals surface area contributed by atoms with E-state index in [0.29, 0.717) is 10.1 Å². The summed E-state index contributed by atoms with van der Waals surface area (Å²) in [5, 5.41) is 3.00. The van der Waals surface area contributed by atoms with Crippen molar-refractivity contribution in [3.63, 3.8) is 0 Å². The van der Waals surface area contributed by atoms with Crippen LogP contribution in [0.5, 0.6) is 0 Å². The number of hydrogen-bond donors (Lipinski definition) is 1. The fourth-order valence-corrected chi connectivity index (χ4v) is 5.97. The molecule has 0 radical (unpaired) electrons. The summed E-state index contributed by atoms with van der Waals surface area (Å²) in [6, 6.07) is 14.1. The highest BCUT2D eigenvalue weighted by atomic mass is 127. The minimum atomic E-state index is -0.0511. The first-order chi connectivity index (χ1) is 11.1. The average Bonchev–Trinajstić information content (AvgIpc) is 2.58. The number of aryl methyl sites for hydroxylation is 1. The zero-order valence-electron chi connectivity index (χ0n) is 12.8. The van der Waals surface area contributed by atoms with E-state index in [-0.39, 0.29) is 5.91 Å². The minimum absolute atomic E-state index is 0.0511. The summed E-state index contributed by atoms with van der Waals surface area (Å²) in [5.41, 5.74) is 3.97. The number of carbonyl (C=O) groups excluding carboxylic acids is 1. The third-order valence-electron chi connectivity index (χ3n) is 3.71. The predicted molar refractivity (Wildman–Crippen MR) is 111 cm³/mol. The third-order valence-corrected chi connectivity index (χ3v) is 7.39. The van der Waals surface area contributed by atoms with Crippen LogP contribution in [0.3, 0.4) is 0 Å². The quantitative estimate of drug-likeness (QED) is 0.601. The summed E-state index contributed by atoms with van der Waals surface area (Å²) in [7, 11) is 0. The van der Waals surface area contributed by atoms with Crippen molar-refractivity contribution in [1.29, 1.82) is 0 Å². The van der Waals surface area contributed by atoms with Gasteiger partial charge in [-0.05, 0) is 88.9 Å². The van der Waals surface area contributed by atoms with E-state index in [1.165, 1.54) is 27.1 Å². The topological polar surface area (TPSA) is 29.1 Å². The number of amides is 1. The van der Waals surface area contributed by atoms with Crippen molar-refractivity contribution in [3.8, 4) is 0 Å². The molecule has 1 saturated heterocycles. The van der Waals surface area contributed by atoms with Crippen LogP contribution in [0.2, 0.25) is 0 Å². The molecule has 2 nitrogen and oxygen atoms in total. The molecular weight excluding hydrogens is 437 g/mol. The molecule has 1 fully saturated rings. The number of thioether (sulfide) groups is 2. The second kappa shape index (κ2) is 7.94. The fraction of sp³-hybridized carbons (Fsp3) is 0.278. The van der Waals surface area contributed by atoms with E-state index >= 15 is 0 Å². The van der Waals surface area contributed by atoms with Gasteiger partial charge in [0.1, 0.15) is 0 Å². The Labute approximate surface area is 159 Å². The highest BCUT2D eigenvalue weighted by Gasteiger charge is 2.17. The number of nitrogens with one attached hydrogen (secondary N) is 1. The van der Waals surface area contributed by atoms with Crippen LogP contribution in [-0.2, 0) is 0 Å². The molecular formula is C18H18INOS2. The van der Waals surface area contributed by atoms with Crippen molar-refractivity contribution < 1.29 is 4.79 Å². The Morgan fingerprint density at radius 2 is 1.83 bits per heavy atom. The number of benzene rings is 2. The Balaban J connectivity index is 1.69. The van der Waals surface area contributed by atoms with Crippen molar-refractivity contribution in [2.24, 2.45) is 0 Å². The Morgan fingerprint density at radius 3 is 2.48 bits per heavy atom. The lowest BCUT2D eigenvalue weighted by Crippen LogP contribution is -2.13. The van der Waals surface area contributed by atoms with Gasteiger partial charge in [-0.25, -0.2) is 0 Å². The SMILES string of the molecule is Cc1cc(I)ccc1NC(=O)c1ccc(C2SCCCS2)cc1. The van der Waals surface area contributed by atoms with Crippen molar-refractivity contribution in [2.75, 3.05) is 16.8 Å². The van der Waals surface area contributed by atoms with Gasteiger partial charge in [0.25, 0.3) is 5.91 Å². The van der Waals surface area contributed by atoms with E-state index in [2.05, 4.69) is 46.1 Å². The van der Waals surface area contributed by atoms with Gasteiger partial charge in [0.05, 0.1) is 4.58 Å². The standard InChI is InChI=1S/C18H18INOS2/c1-12-11-15(19)7-8-16(12)20-17(21)13-3-5-14(6-4-13)18-22-9-2-10-23-18/h3-8,11,18H,2,9-10H2,1H3,(H,20,21). The maximum Gasteiger partial charge on any atom is 0.255 e. The van der Waals surface area contributed by atoms with Crippen molar-refractivity contribution >= 4 is 57.7 Å². The molecule has 2 aromatic rings. The van der Waals surface area contributed by atoms with Gasteiger partial charge in [0, 0.05) is 14.8 Å². The Morgan fingerprint density at radius 1 is 1.13 bits per heavy atom. The second-order valence-corrected chi connectivity index (χ2v) is 9.43. The summed E-state index contributed by atoms with van der Waals surface area (Å²) in [5.74, 6) is 2.41. The lowest BCUT2D eigenvalue weighted by atomic mass is 10.1. The molecule has 1 heterocycles. The van der Waals surface area contributed by atoms with Gasteiger partial charge in [-0.1, -0.05) is 12.1 Å². The molecule has 23 heavy (non-hydrogen) atoms. The lowest BCUT2D eigenvalue weighted by molar-refractivity contribution is 0.102. The van der Waals surface area contributed by atoms with E-state index in [1.807, 2.05) is 54.7 Å². The first kappa shape index (κ1) is 17.2. The van der Waals surface area contributed by atoms with Crippen LogP contribution in [0.15, 0.2) is 42.5 Å². The summed E-state index contributed by atoms with van der Waals surface area (Å²) < 4.78 is 1.68. The molecule has 0 aromatic heterocycles. The van der Waals surface area contributed by atoms with E-state index in [4.69, 9.17) is 0 Å². The smallest absolute Gasteiger partial charge is 0.255 e. The Hall–Kier alpha value is -0.660. The fourth-order valence-electron chi connectivity index (χ4n) is 2.43. The predicted octanol–water partition coefficient (Wildman–Crippen LogP) is 5.72. The van der Waals surface area contributed by atoms with Crippen LogP contribution < -0.4 is 5.32 Å². The van der Waals surface area contributed by atoms with Crippen LogP contribution in [-0.4, -0.2) is 17.4 Å². The summed E-state index contributed by atoms with van der Waals surface area (Å²) in [6.07, 6.45) is 1.29. The van der Waals surface area contributed by atoms with Crippen molar-refractivity contribution in [3.05, 3.63) is 62.7 Å². The van der Waals surface area contributed by atoms with E-state index in [9.17, 15) is 4.79 Å². The summed E-state index contributed by atoms with van der Waals surface area (Å²) in [4.78, 5) is 12.4. The molecule has 1 N–H and O–H groups in total. The van der Waals surface area contributed by atoms with E-state index in [0.717, 1.165) is 11.3 Å². The first-order valence-corrected chi connectivity index (χ1v) is 10.7. The number of hydrogen-bond acceptors (Lipinski definition) is 3. The number of rotatable bonds is 3. The number of halogens is 1. The molecule has 0 spiro atoms. The molecule has 1 aliphatic heterocycles. The maximum atomic E-state index is 12.4. The lowest BCUT2D eigenvalue weighted by Gasteiger charge is -2.21. The van der Waals surface area contributed by atoms with E-state index in [1.54, 1.807) is 0 Å². The van der Waals surface area contributed by atoms with Gasteiger partial charge in [0.15, 0.2) is 0 Å². The minimum Gasteiger partial charge on any atom is -0.322 e. The molecule has 0 bridgehead atoms. The molecule has 3 rings (SSSR count). The maximum absolute atomic E-state index is 12.4. The molecule has 5 heteroatoms. The van der Waals surface area contributed by atoms with Gasteiger partial charge in [-0.3, -0.25) is 4.79 Å². The number of anilines is 1. The largest absolute Gasteiger partial charge is 0.322 e. The highest BCUT2D eigenvalue weighted by Crippen LogP contribution is 2.43. The molecule has 2 aromatic carbocycles. The first-order valence-electron chi connectivity index (χ1n) is 7.54. The average molecular weight is 455 g/mol. The Kier molecular flexibility index (Phi) is 5.93. The van der Waals surface area contributed by atoms with Crippen molar-refractivity contribution in [1.82, 2.24) is 0 Å². The zero-order chi connectivity index (χ0) is 16.2. The highest BCUT2D eigenvalue weighted by molar-refractivity contribution is 14.1. The molecule has 0 unspecified atom stereocenters.